The molecule has 0 N–H and O–H groups in total. The molecule has 1 atom stereocenters. The van der Waals surface area contributed by atoms with E-state index in [0.29, 0.717) is 24.2 Å². The van der Waals surface area contributed by atoms with Gasteiger partial charge in [0, 0.05) is 30.6 Å². The molecule has 1 fully saturated rings. The Labute approximate surface area is 158 Å². The number of rotatable bonds is 4. The summed E-state index contributed by atoms with van der Waals surface area (Å²) in [7, 11) is 0. The van der Waals surface area contributed by atoms with Crippen LogP contribution in [0.15, 0.2) is 24.3 Å². The largest absolute Gasteiger partial charge is 0.471 e. The zero-order valence-electron chi connectivity index (χ0n) is 15.1. The van der Waals surface area contributed by atoms with Crippen molar-refractivity contribution in [2.24, 2.45) is 0 Å². The number of nitrogens with zero attached hydrogens (tertiary/aromatic N) is 5. The van der Waals surface area contributed by atoms with Gasteiger partial charge in [-0.25, -0.2) is 0 Å². The predicted octanol–water partition coefficient (Wildman–Crippen LogP) is 2.66. The van der Waals surface area contributed by atoms with Crippen molar-refractivity contribution in [1.29, 1.82) is 0 Å². The van der Waals surface area contributed by atoms with E-state index in [1.54, 1.807) is 6.07 Å². The first-order valence-corrected chi connectivity index (χ1v) is 8.91. The fraction of sp³-hybridized carbons (Fsp3) is 0.444. The van der Waals surface area contributed by atoms with Gasteiger partial charge < -0.3 is 9.64 Å². The van der Waals surface area contributed by atoms with Crippen molar-refractivity contribution in [3.05, 3.63) is 35.4 Å². The van der Waals surface area contributed by atoms with E-state index in [2.05, 4.69) is 15.5 Å². The molecular formula is C18H18F3N5O2. The van der Waals surface area contributed by atoms with Gasteiger partial charge in [0.15, 0.2) is 5.65 Å². The smallest absolute Gasteiger partial charge is 0.376 e. The maximum Gasteiger partial charge on any atom is 0.471 e. The quantitative estimate of drug-likeness (QED) is 0.682. The number of ether oxygens (including phenoxy) is 1. The van der Waals surface area contributed by atoms with Crippen LogP contribution in [0.1, 0.15) is 24.0 Å². The molecule has 0 bridgehead atoms. The van der Waals surface area contributed by atoms with E-state index in [1.165, 1.54) is 4.52 Å². The highest BCUT2D eigenvalue weighted by Crippen LogP contribution is 2.26. The van der Waals surface area contributed by atoms with Gasteiger partial charge in [-0.1, -0.05) is 12.1 Å². The van der Waals surface area contributed by atoms with E-state index in [4.69, 9.17) is 4.74 Å². The van der Waals surface area contributed by atoms with E-state index < -0.39 is 18.2 Å². The Morgan fingerprint density at radius 1 is 1.36 bits per heavy atom. The summed E-state index contributed by atoms with van der Waals surface area (Å²) in [5.74, 6) is -1.89. The van der Waals surface area contributed by atoms with Gasteiger partial charge in [-0.3, -0.25) is 4.79 Å². The van der Waals surface area contributed by atoms with Gasteiger partial charge in [0.2, 0.25) is 0 Å². The van der Waals surface area contributed by atoms with E-state index >= 15 is 0 Å². The molecule has 0 radical (unpaired) electrons. The maximum absolute atomic E-state index is 13.1. The molecule has 1 amide bonds. The third-order valence-corrected chi connectivity index (χ3v) is 4.84. The highest BCUT2D eigenvalue weighted by molar-refractivity contribution is 5.85. The van der Waals surface area contributed by atoms with Gasteiger partial charge in [0.25, 0.3) is 0 Å². The Morgan fingerprint density at radius 3 is 2.89 bits per heavy atom. The predicted molar refractivity (Wildman–Crippen MR) is 93.5 cm³/mol. The summed E-state index contributed by atoms with van der Waals surface area (Å²) in [5.41, 5.74) is 2.52. The van der Waals surface area contributed by atoms with Gasteiger partial charge in [0.1, 0.15) is 0 Å². The molecule has 2 aromatic heterocycles. The van der Waals surface area contributed by atoms with E-state index in [-0.39, 0.29) is 13.1 Å². The summed E-state index contributed by atoms with van der Waals surface area (Å²) in [4.78, 5) is 12.8. The van der Waals surface area contributed by atoms with Crippen LogP contribution in [0, 0.1) is 6.92 Å². The maximum atomic E-state index is 13.1. The average molecular weight is 393 g/mol. The Bertz CT molecular complexity index is 1030. The summed E-state index contributed by atoms with van der Waals surface area (Å²) >= 11 is 0. The second kappa shape index (κ2) is 7.01. The number of tetrazole rings is 1. The van der Waals surface area contributed by atoms with Gasteiger partial charge in [0.05, 0.1) is 11.6 Å². The number of amides is 1. The Balaban J connectivity index is 1.74. The number of fused-ring (bicyclic) bond motifs is 3. The van der Waals surface area contributed by atoms with E-state index in [9.17, 15) is 18.0 Å². The minimum atomic E-state index is -4.96. The molecular weight excluding hydrogens is 375 g/mol. The standard InChI is InChI=1S/C18H18F3N5O2/c1-11-4-5-12-8-13(16-22-23-24-26(16)15(12)7-11)9-25(17(27)18(19,20)21)10-14-3-2-6-28-14/h4-5,7-8,14H,2-3,6,9-10H2,1H3/t14-/m1/s1. The van der Waals surface area contributed by atoms with Crippen molar-refractivity contribution in [2.45, 2.75) is 38.6 Å². The van der Waals surface area contributed by atoms with Gasteiger partial charge in [-0.15, -0.1) is 5.10 Å². The van der Waals surface area contributed by atoms with Crippen molar-refractivity contribution in [3.63, 3.8) is 0 Å². The summed E-state index contributed by atoms with van der Waals surface area (Å²) in [6, 6.07) is 7.37. The molecule has 0 aliphatic carbocycles. The first kappa shape index (κ1) is 18.6. The topological polar surface area (TPSA) is 72.6 Å². The number of pyridine rings is 1. The SMILES string of the molecule is Cc1ccc2cc(CN(C[C@H]3CCCO3)C(=O)C(F)(F)F)c3nnnn3c2c1. The van der Waals surface area contributed by atoms with Crippen LogP contribution in [-0.2, 0) is 16.1 Å². The lowest BCUT2D eigenvalue weighted by atomic mass is 10.1. The Kier molecular flexibility index (Phi) is 4.66. The molecule has 0 spiro atoms. The molecule has 1 aliphatic rings. The van der Waals surface area contributed by atoms with Gasteiger partial charge >= 0.3 is 12.1 Å². The summed E-state index contributed by atoms with van der Waals surface area (Å²) in [6.07, 6.45) is -3.97. The lowest BCUT2D eigenvalue weighted by molar-refractivity contribution is -0.187. The van der Waals surface area contributed by atoms with Gasteiger partial charge in [-0.05, 0) is 47.9 Å². The molecule has 148 valence electrons. The van der Waals surface area contributed by atoms with Crippen molar-refractivity contribution in [2.75, 3.05) is 13.2 Å². The highest BCUT2D eigenvalue weighted by atomic mass is 19.4. The molecule has 3 aromatic rings. The van der Waals surface area contributed by atoms with Crippen molar-refractivity contribution >= 4 is 22.5 Å². The number of halogens is 3. The van der Waals surface area contributed by atoms with Crippen LogP contribution in [0.5, 0.6) is 0 Å². The van der Waals surface area contributed by atoms with Crippen LogP contribution in [0.2, 0.25) is 0 Å². The number of carbonyl (C=O) groups excluding carboxylic acids is 1. The van der Waals surface area contributed by atoms with Crippen LogP contribution in [0.3, 0.4) is 0 Å². The molecule has 0 unspecified atom stereocenters. The first-order chi connectivity index (χ1) is 13.3. The van der Waals surface area contributed by atoms with Crippen molar-refractivity contribution in [3.8, 4) is 0 Å². The number of benzene rings is 1. The molecule has 3 heterocycles. The number of aromatic nitrogens is 4. The molecule has 4 rings (SSSR count). The third-order valence-electron chi connectivity index (χ3n) is 4.84. The van der Waals surface area contributed by atoms with Crippen molar-refractivity contribution in [1.82, 2.24) is 24.9 Å². The fourth-order valence-corrected chi connectivity index (χ4v) is 3.52. The fourth-order valence-electron chi connectivity index (χ4n) is 3.52. The highest BCUT2D eigenvalue weighted by Gasteiger charge is 2.43. The molecule has 7 nitrogen and oxygen atoms in total. The molecule has 0 saturated carbocycles. The third kappa shape index (κ3) is 3.51. The van der Waals surface area contributed by atoms with Crippen LogP contribution in [-0.4, -0.2) is 56.3 Å². The number of hydrogen-bond donors (Lipinski definition) is 0. The first-order valence-electron chi connectivity index (χ1n) is 8.91. The van der Waals surface area contributed by atoms with Crippen LogP contribution >= 0.6 is 0 Å². The minimum Gasteiger partial charge on any atom is -0.376 e. The van der Waals surface area contributed by atoms with E-state index in [0.717, 1.165) is 27.8 Å². The van der Waals surface area contributed by atoms with E-state index in [1.807, 2.05) is 25.1 Å². The monoisotopic (exact) mass is 393 g/mol. The van der Waals surface area contributed by atoms with Crippen LogP contribution in [0.4, 0.5) is 13.2 Å². The van der Waals surface area contributed by atoms with Gasteiger partial charge in [-0.2, -0.15) is 17.7 Å². The number of carbonyl (C=O) groups is 1. The zero-order valence-corrected chi connectivity index (χ0v) is 15.1. The van der Waals surface area contributed by atoms with Crippen molar-refractivity contribution < 1.29 is 22.7 Å². The molecule has 1 aromatic carbocycles. The summed E-state index contributed by atoms with van der Waals surface area (Å²) in [5, 5.41) is 12.3. The molecule has 1 saturated heterocycles. The zero-order chi connectivity index (χ0) is 19.9. The average Bonchev–Trinajstić information content (AvgIpc) is 3.32. The number of alkyl halides is 3. The second-order valence-corrected chi connectivity index (χ2v) is 6.96. The molecule has 1 aliphatic heterocycles. The summed E-state index contributed by atoms with van der Waals surface area (Å²) in [6.45, 7) is 2.03. The Hall–Kier alpha value is -2.75. The minimum absolute atomic E-state index is 0.127. The lowest BCUT2D eigenvalue weighted by Crippen LogP contribution is -2.44. The van der Waals surface area contributed by atoms with Crippen LogP contribution < -0.4 is 0 Å². The van der Waals surface area contributed by atoms with Crippen LogP contribution in [0.25, 0.3) is 16.6 Å². The normalized spacial score (nSPS) is 17.5. The number of aryl methyl sites for hydroxylation is 1. The number of hydrogen-bond acceptors (Lipinski definition) is 5. The molecule has 10 heteroatoms. The summed E-state index contributed by atoms with van der Waals surface area (Å²) < 4.78 is 46.4. The molecule has 28 heavy (non-hydrogen) atoms. The second-order valence-electron chi connectivity index (χ2n) is 6.96. The lowest BCUT2D eigenvalue weighted by Gasteiger charge is -2.26. The Morgan fingerprint density at radius 2 is 2.18 bits per heavy atom.